The van der Waals surface area contributed by atoms with E-state index in [-0.39, 0.29) is 11.5 Å². The van der Waals surface area contributed by atoms with Gasteiger partial charge in [-0.3, -0.25) is 4.79 Å². The molecule has 0 amide bonds. The van der Waals surface area contributed by atoms with E-state index in [9.17, 15) is 4.79 Å². The third kappa shape index (κ3) is 3.45. The quantitative estimate of drug-likeness (QED) is 0.356. The van der Waals surface area contributed by atoms with Gasteiger partial charge in [0.05, 0.1) is 11.6 Å². The van der Waals surface area contributed by atoms with E-state index < -0.39 is 0 Å². The summed E-state index contributed by atoms with van der Waals surface area (Å²) in [5.41, 5.74) is 0.977. The van der Waals surface area contributed by atoms with Gasteiger partial charge in [0.2, 0.25) is 4.96 Å². The number of thiophene rings is 1. The van der Waals surface area contributed by atoms with Gasteiger partial charge < -0.3 is 4.74 Å². The molecular weight excluding hydrogens is 482 g/mol. The van der Waals surface area contributed by atoms with Crippen LogP contribution in [0.15, 0.2) is 57.1 Å². The van der Waals surface area contributed by atoms with Crippen molar-refractivity contribution in [3.63, 3.8) is 0 Å². The summed E-state index contributed by atoms with van der Waals surface area (Å²) in [4.78, 5) is 19.1. The molecule has 1 unspecified atom stereocenters. The number of rotatable bonds is 4. The van der Waals surface area contributed by atoms with Gasteiger partial charge in [-0.2, -0.15) is 4.52 Å². The zero-order chi connectivity index (χ0) is 20.8. The second-order valence-corrected chi connectivity index (χ2v) is 9.81. The number of methoxy groups -OCH3 is 1. The molecule has 2 aromatic carbocycles. The zero-order valence-electron chi connectivity index (χ0n) is 16.1. The summed E-state index contributed by atoms with van der Waals surface area (Å²) in [5, 5.41) is 8.76. The van der Waals surface area contributed by atoms with Crippen LogP contribution in [0, 0.1) is 0 Å². The topological polar surface area (TPSA) is 56.5 Å². The molecule has 30 heavy (non-hydrogen) atoms. The maximum absolute atomic E-state index is 12.8. The van der Waals surface area contributed by atoms with E-state index in [2.05, 4.69) is 51.1 Å². The van der Waals surface area contributed by atoms with Gasteiger partial charge in [-0.15, -0.1) is 16.4 Å². The molecule has 0 bridgehead atoms. The smallest absolute Gasteiger partial charge is 0.291 e. The molecule has 150 valence electrons. The van der Waals surface area contributed by atoms with Crippen molar-refractivity contribution in [2.24, 2.45) is 0 Å². The van der Waals surface area contributed by atoms with Crippen LogP contribution in [-0.4, -0.2) is 21.7 Å². The zero-order valence-corrected chi connectivity index (χ0v) is 19.3. The van der Waals surface area contributed by atoms with Crippen LogP contribution in [0.25, 0.3) is 21.8 Å². The number of aromatic nitrogens is 3. The first-order valence-corrected chi connectivity index (χ1v) is 11.7. The lowest BCUT2D eigenvalue weighted by Gasteiger charge is -2.10. The van der Waals surface area contributed by atoms with Gasteiger partial charge in [0.15, 0.2) is 5.82 Å². The molecular formula is C22H16BrN3O2S2. The monoisotopic (exact) mass is 497 g/mol. The number of nitrogens with zero attached hydrogens (tertiary/aromatic N) is 3. The third-order valence-electron chi connectivity index (χ3n) is 5.02. The standard InChI is InChI=1S/C22H16BrN3O2S2/c1-12(13-3-4-15-8-17(28-2)6-5-14(15)7-13)20-24-22-26(25-20)21(27)19(30-22)10-18-9-16(23)11-29-18/h3-12H,1-2H3/b19-10-. The number of hydrogen-bond acceptors (Lipinski definition) is 6. The Morgan fingerprint density at radius 3 is 2.70 bits per heavy atom. The Balaban J connectivity index is 1.51. The van der Waals surface area contributed by atoms with Gasteiger partial charge in [0, 0.05) is 20.6 Å². The lowest BCUT2D eigenvalue weighted by Crippen LogP contribution is -2.23. The van der Waals surface area contributed by atoms with E-state index in [0.29, 0.717) is 15.3 Å². The molecule has 0 spiro atoms. The fourth-order valence-electron chi connectivity index (χ4n) is 3.35. The van der Waals surface area contributed by atoms with Gasteiger partial charge in [-0.25, -0.2) is 4.98 Å². The van der Waals surface area contributed by atoms with E-state index in [1.165, 1.54) is 15.9 Å². The summed E-state index contributed by atoms with van der Waals surface area (Å²) < 4.78 is 8.36. The molecule has 0 aliphatic carbocycles. The molecule has 0 radical (unpaired) electrons. The van der Waals surface area contributed by atoms with E-state index in [1.54, 1.807) is 18.4 Å². The number of fused-ring (bicyclic) bond motifs is 2. The van der Waals surface area contributed by atoms with Crippen molar-refractivity contribution in [3.8, 4) is 5.75 Å². The fraction of sp³-hybridized carbons (Fsp3) is 0.136. The van der Waals surface area contributed by atoms with Gasteiger partial charge in [0.1, 0.15) is 5.75 Å². The molecule has 0 saturated heterocycles. The summed E-state index contributed by atoms with van der Waals surface area (Å²) in [6.07, 6.45) is 1.89. The Hall–Kier alpha value is -2.55. The second-order valence-electron chi connectivity index (χ2n) is 6.94. The fourth-order valence-corrected chi connectivity index (χ4v) is 5.71. The first kappa shape index (κ1) is 19.4. The minimum absolute atomic E-state index is 0.0244. The van der Waals surface area contributed by atoms with Gasteiger partial charge in [0.25, 0.3) is 5.56 Å². The van der Waals surface area contributed by atoms with Crippen molar-refractivity contribution in [1.82, 2.24) is 14.6 Å². The molecule has 5 rings (SSSR count). The van der Waals surface area contributed by atoms with Crippen LogP contribution in [0.1, 0.15) is 29.1 Å². The molecule has 1 atom stereocenters. The first-order chi connectivity index (χ1) is 14.5. The lowest BCUT2D eigenvalue weighted by atomic mass is 9.97. The van der Waals surface area contributed by atoms with Crippen LogP contribution < -0.4 is 14.8 Å². The highest BCUT2D eigenvalue weighted by atomic mass is 79.9. The van der Waals surface area contributed by atoms with E-state index >= 15 is 0 Å². The molecule has 0 N–H and O–H groups in total. The summed E-state index contributed by atoms with van der Waals surface area (Å²) in [6, 6.07) is 14.3. The van der Waals surface area contributed by atoms with Crippen molar-refractivity contribution in [2.45, 2.75) is 12.8 Å². The number of halogens is 1. The molecule has 3 heterocycles. The van der Waals surface area contributed by atoms with E-state index in [4.69, 9.17) is 4.74 Å². The number of hydrogen-bond donors (Lipinski definition) is 0. The van der Waals surface area contributed by atoms with Crippen molar-refractivity contribution in [3.05, 3.63) is 83.5 Å². The molecule has 3 aromatic heterocycles. The first-order valence-electron chi connectivity index (χ1n) is 9.25. The highest BCUT2D eigenvalue weighted by Crippen LogP contribution is 2.28. The maximum atomic E-state index is 12.8. The van der Waals surface area contributed by atoms with Crippen molar-refractivity contribution >= 4 is 60.4 Å². The average Bonchev–Trinajstić information content (AvgIpc) is 3.44. The molecule has 5 aromatic rings. The molecule has 0 aliphatic heterocycles. The minimum Gasteiger partial charge on any atom is -0.497 e. The Morgan fingerprint density at radius 1 is 1.17 bits per heavy atom. The Labute approximate surface area is 188 Å². The van der Waals surface area contributed by atoms with Crippen LogP contribution in [-0.2, 0) is 0 Å². The minimum atomic E-state index is -0.129. The average molecular weight is 498 g/mol. The summed E-state index contributed by atoms with van der Waals surface area (Å²) in [7, 11) is 1.67. The molecule has 0 aliphatic rings. The van der Waals surface area contributed by atoms with Crippen molar-refractivity contribution in [2.75, 3.05) is 7.11 Å². The normalized spacial score (nSPS) is 13.4. The highest BCUT2D eigenvalue weighted by molar-refractivity contribution is 9.10. The van der Waals surface area contributed by atoms with Crippen molar-refractivity contribution < 1.29 is 4.74 Å². The maximum Gasteiger partial charge on any atom is 0.291 e. The third-order valence-corrected chi connectivity index (χ3v) is 7.62. The Morgan fingerprint density at radius 2 is 1.97 bits per heavy atom. The Bertz CT molecular complexity index is 1500. The van der Waals surface area contributed by atoms with E-state index in [0.717, 1.165) is 31.4 Å². The summed E-state index contributed by atoms with van der Waals surface area (Å²) in [6.45, 7) is 2.06. The Kier molecular flexibility index (Phi) is 4.92. The predicted molar refractivity (Wildman–Crippen MR) is 126 cm³/mol. The molecule has 0 saturated carbocycles. The van der Waals surface area contributed by atoms with Crippen LogP contribution in [0.4, 0.5) is 0 Å². The molecule has 0 fully saturated rings. The van der Waals surface area contributed by atoms with Gasteiger partial charge in [-0.05, 0) is 56.5 Å². The van der Waals surface area contributed by atoms with Gasteiger partial charge in [-0.1, -0.05) is 42.5 Å². The number of benzene rings is 2. The number of ether oxygens (including phenoxy) is 1. The lowest BCUT2D eigenvalue weighted by molar-refractivity contribution is 0.415. The second kappa shape index (κ2) is 7.61. The SMILES string of the molecule is COc1ccc2cc(C(C)c3nc4s/c(=C\c5cc(Br)cs5)c(=O)n4n3)ccc2c1. The van der Waals surface area contributed by atoms with Crippen LogP contribution in [0.3, 0.4) is 0 Å². The van der Waals surface area contributed by atoms with Gasteiger partial charge >= 0.3 is 0 Å². The van der Waals surface area contributed by atoms with Crippen LogP contribution >= 0.6 is 38.6 Å². The largest absolute Gasteiger partial charge is 0.497 e. The predicted octanol–water partition coefficient (Wildman–Crippen LogP) is 4.84. The molecule has 5 nitrogen and oxygen atoms in total. The van der Waals surface area contributed by atoms with Crippen LogP contribution in [0.2, 0.25) is 0 Å². The van der Waals surface area contributed by atoms with Crippen LogP contribution in [0.5, 0.6) is 5.75 Å². The molecule has 8 heteroatoms. The summed E-state index contributed by atoms with van der Waals surface area (Å²) >= 11 is 6.39. The highest BCUT2D eigenvalue weighted by Gasteiger charge is 2.17. The van der Waals surface area contributed by atoms with E-state index in [1.807, 2.05) is 35.7 Å². The van der Waals surface area contributed by atoms with Crippen molar-refractivity contribution in [1.29, 1.82) is 0 Å². The number of thiazole rings is 1. The summed E-state index contributed by atoms with van der Waals surface area (Å²) in [5.74, 6) is 1.46.